The van der Waals surface area contributed by atoms with Gasteiger partial charge in [0.1, 0.15) is 0 Å². The Kier molecular flexibility index (Phi) is 2.76. The Labute approximate surface area is 105 Å². The molecule has 5 heteroatoms. The number of carbonyl (C=O) groups excluding carboxylic acids is 1. The third kappa shape index (κ3) is 1.97. The minimum absolute atomic E-state index is 0.00514. The van der Waals surface area contributed by atoms with Crippen LogP contribution in [0, 0.1) is 0 Å². The van der Waals surface area contributed by atoms with E-state index in [-0.39, 0.29) is 11.9 Å². The number of aryl methyl sites for hydroxylation is 1. The van der Waals surface area contributed by atoms with Gasteiger partial charge in [-0.3, -0.25) is 9.48 Å². The second-order valence-electron chi connectivity index (χ2n) is 4.70. The molecule has 0 aliphatic carbocycles. The lowest BCUT2D eigenvalue weighted by molar-refractivity contribution is 0.0940. The summed E-state index contributed by atoms with van der Waals surface area (Å²) in [6, 6.07) is 5.92. The highest BCUT2D eigenvalue weighted by atomic mass is 16.1. The molecule has 1 fully saturated rings. The van der Waals surface area contributed by atoms with Crippen molar-refractivity contribution in [1.82, 2.24) is 20.4 Å². The van der Waals surface area contributed by atoms with E-state index in [4.69, 9.17) is 0 Å². The first-order valence-electron chi connectivity index (χ1n) is 6.17. The first-order valence-corrected chi connectivity index (χ1v) is 6.17. The van der Waals surface area contributed by atoms with Crippen molar-refractivity contribution in [2.24, 2.45) is 7.05 Å². The van der Waals surface area contributed by atoms with Crippen molar-refractivity contribution in [3.8, 4) is 0 Å². The first kappa shape index (κ1) is 11.2. The smallest absolute Gasteiger partial charge is 0.251 e. The Morgan fingerprint density at radius 3 is 3.22 bits per heavy atom. The van der Waals surface area contributed by atoms with Gasteiger partial charge in [0.25, 0.3) is 5.91 Å². The summed E-state index contributed by atoms with van der Waals surface area (Å²) in [5.41, 5.74) is 1.73. The maximum absolute atomic E-state index is 12.1. The normalized spacial score (nSPS) is 19.3. The van der Waals surface area contributed by atoms with Crippen LogP contribution in [0.2, 0.25) is 0 Å². The molecule has 3 rings (SSSR count). The fourth-order valence-corrected chi connectivity index (χ4v) is 2.35. The number of carbonyl (C=O) groups is 1. The molecule has 1 atom stereocenters. The molecule has 94 valence electrons. The van der Waals surface area contributed by atoms with Crippen LogP contribution in [0.3, 0.4) is 0 Å². The maximum atomic E-state index is 12.1. The van der Waals surface area contributed by atoms with Crippen LogP contribution in [-0.4, -0.2) is 34.8 Å². The van der Waals surface area contributed by atoms with E-state index in [9.17, 15) is 4.79 Å². The standard InChI is InChI=1S/C13H16N4O/c1-17-12-3-2-9(6-10(12)7-15-17)13(18)16-11-4-5-14-8-11/h2-3,6-7,11,14H,4-5,8H2,1H3,(H,16,18)/t11-/m0/s1. The van der Waals surface area contributed by atoms with Gasteiger partial charge in [0.15, 0.2) is 0 Å². The number of benzene rings is 1. The average molecular weight is 244 g/mol. The molecular formula is C13H16N4O. The quantitative estimate of drug-likeness (QED) is 0.816. The summed E-state index contributed by atoms with van der Waals surface area (Å²) < 4.78 is 1.80. The Morgan fingerprint density at radius 1 is 1.56 bits per heavy atom. The van der Waals surface area contributed by atoms with E-state index in [0.717, 1.165) is 30.4 Å². The van der Waals surface area contributed by atoms with Gasteiger partial charge in [-0.15, -0.1) is 0 Å². The van der Waals surface area contributed by atoms with Crippen molar-refractivity contribution in [1.29, 1.82) is 0 Å². The summed E-state index contributed by atoms with van der Waals surface area (Å²) in [7, 11) is 1.90. The van der Waals surface area contributed by atoms with Gasteiger partial charge in [-0.2, -0.15) is 5.10 Å². The summed E-state index contributed by atoms with van der Waals surface area (Å²) in [5, 5.41) is 11.4. The monoisotopic (exact) mass is 244 g/mol. The van der Waals surface area contributed by atoms with Crippen LogP contribution in [-0.2, 0) is 7.05 Å². The topological polar surface area (TPSA) is 59.0 Å². The molecule has 1 saturated heterocycles. The third-order valence-corrected chi connectivity index (χ3v) is 3.40. The zero-order valence-electron chi connectivity index (χ0n) is 10.3. The largest absolute Gasteiger partial charge is 0.348 e. The fraction of sp³-hybridized carbons (Fsp3) is 0.385. The number of nitrogens with zero attached hydrogens (tertiary/aromatic N) is 2. The van der Waals surface area contributed by atoms with Crippen LogP contribution >= 0.6 is 0 Å². The van der Waals surface area contributed by atoms with Crippen molar-refractivity contribution < 1.29 is 4.79 Å². The van der Waals surface area contributed by atoms with Crippen LogP contribution in [0.25, 0.3) is 10.9 Å². The van der Waals surface area contributed by atoms with Gasteiger partial charge >= 0.3 is 0 Å². The lowest BCUT2D eigenvalue weighted by atomic mass is 10.1. The number of aromatic nitrogens is 2. The molecule has 5 nitrogen and oxygen atoms in total. The lowest BCUT2D eigenvalue weighted by Gasteiger charge is -2.11. The van der Waals surface area contributed by atoms with Gasteiger partial charge in [-0.25, -0.2) is 0 Å². The number of fused-ring (bicyclic) bond motifs is 1. The highest BCUT2D eigenvalue weighted by Gasteiger charge is 2.17. The van der Waals surface area contributed by atoms with Gasteiger partial charge in [-0.1, -0.05) is 0 Å². The molecule has 2 N–H and O–H groups in total. The van der Waals surface area contributed by atoms with Crippen LogP contribution < -0.4 is 10.6 Å². The molecular weight excluding hydrogens is 228 g/mol. The van der Waals surface area contributed by atoms with Crippen molar-refractivity contribution in [3.63, 3.8) is 0 Å². The van der Waals surface area contributed by atoms with Crippen molar-refractivity contribution >= 4 is 16.8 Å². The molecule has 0 saturated carbocycles. The zero-order valence-corrected chi connectivity index (χ0v) is 10.3. The molecule has 0 bridgehead atoms. The molecule has 1 aliphatic heterocycles. The van der Waals surface area contributed by atoms with E-state index >= 15 is 0 Å². The molecule has 1 aliphatic rings. The molecule has 2 heterocycles. The van der Waals surface area contributed by atoms with E-state index in [2.05, 4.69) is 15.7 Å². The number of hydrogen-bond donors (Lipinski definition) is 2. The van der Waals surface area contributed by atoms with Crippen molar-refractivity contribution in [2.75, 3.05) is 13.1 Å². The van der Waals surface area contributed by atoms with Crippen molar-refractivity contribution in [3.05, 3.63) is 30.0 Å². The van der Waals surface area contributed by atoms with Crippen LogP contribution in [0.1, 0.15) is 16.8 Å². The molecule has 1 aromatic heterocycles. The molecule has 1 amide bonds. The summed E-state index contributed by atoms with van der Waals surface area (Å²) >= 11 is 0. The molecule has 0 spiro atoms. The Morgan fingerprint density at radius 2 is 2.44 bits per heavy atom. The molecule has 1 aromatic carbocycles. The second kappa shape index (κ2) is 4.42. The van der Waals surface area contributed by atoms with Crippen LogP contribution in [0.5, 0.6) is 0 Å². The highest BCUT2D eigenvalue weighted by molar-refractivity contribution is 5.98. The predicted molar refractivity (Wildman–Crippen MR) is 69.5 cm³/mol. The van der Waals surface area contributed by atoms with Gasteiger partial charge in [0, 0.05) is 30.6 Å². The minimum Gasteiger partial charge on any atom is -0.348 e. The van der Waals surface area contributed by atoms with Gasteiger partial charge in [-0.05, 0) is 31.2 Å². The molecule has 0 unspecified atom stereocenters. The minimum atomic E-state index is -0.00514. The number of nitrogens with one attached hydrogen (secondary N) is 2. The Bertz CT molecular complexity index is 584. The SMILES string of the molecule is Cn1ncc2cc(C(=O)N[C@H]3CCNC3)ccc21. The average Bonchev–Trinajstić information content (AvgIpc) is 2.99. The maximum Gasteiger partial charge on any atom is 0.251 e. The van der Waals surface area contributed by atoms with Crippen LogP contribution in [0.4, 0.5) is 0 Å². The van der Waals surface area contributed by atoms with E-state index in [1.165, 1.54) is 0 Å². The van der Waals surface area contributed by atoms with Gasteiger partial charge in [0.2, 0.25) is 0 Å². The van der Waals surface area contributed by atoms with E-state index in [1.807, 2.05) is 25.2 Å². The lowest BCUT2D eigenvalue weighted by Crippen LogP contribution is -2.36. The van der Waals surface area contributed by atoms with Gasteiger partial charge in [0.05, 0.1) is 11.7 Å². The fourth-order valence-electron chi connectivity index (χ4n) is 2.35. The highest BCUT2D eigenvalue weighted by Crippen LogP contribution is 2.15. The van der Waals surface area contributed by atoms with Gasteiger partial charge < -0.3 is 10.6 Å². The number of hydrogen-bond acceptors (Lipinski definition) is 3. The molecule has 18 heavy (non-hydrogen) atoms. The Balaban J connectivity index is 1.82. The zero-order chi connectivity index (χ0) is 12.5. The number of amides is 1. The van der Waals surface area contributed by atoms with E-state index in [1.54, 1.807) is 10.9 Å². The van der Waals surface area contributed by atoms with E-state index in [0.29, 0.717) is 5.56 Å². The van der Waals surface area contributed by atoms with Crippen LogP contribution in [0.15, 0.2) is 24.4 Å². The summed E-state index contributed by atoms with van der Waals surface area (Å²) in [4.78, 5) is 12.1. The van der Waals surface area contributed by atoms with Crippen molar-refractivity contribution in [2.45, 2.75) is 12.5 Å². The van der Waals surface area contributed by atoms with E-state index < -0.39 is 0 Å². The third-order valence-electron chi connectivity index (χ3n) is 3.40. The molecule has 2 aromatic rings. The summed E-state index contributed by atoms with van der Waals surface area (Å²) in [5.74, 6) is -0.00514. The predicted octanol–water partition coefficient (Wildman–Crippen LogP) is 0.665. The Hall–Kier alpha value is -1.88. The summed E-state index contributed by atoms with van der Waals surface area (Å²) in [6.07, 6.45) is 2.78. The second-order valence-corrected chi connectivity index (χ2v) is 4.70. The molecule has 0 radical (unpaired) electrons. The number of rotatable bonds is 2. The summed E-state index contributed by atoms with van der Waals surface area (Å²) in [6.45, 7) is 1.84. The first-order chi connectivity index (χ1) is 8.74.